The summed E-state index contributed by atoms with van der Waals surface area (Å²) in [5.41, 5.74) is 6.85. The molecule has 0 aliphatic rings. The molecule has 0 heterocycles. The smallest absolute Gasteiger partial charge is 0.331 e. The van der Waals surface area contributed by atoms with Gasteiger partial charge in [-0.15, -0.1) is 0 Å². The van der Waals surface area contributed by atoms with Gasteiger partial charge in [-0.3, -0.25) is 4.55 Å². The summed E-state index contributed by atoms with van der Waals surface area (Å²) in [4.78, 5) is 10.9. The van der Waals surface area contributed by atoms with Gasteiger partial charge in [0.1, 0.15) is 0 Å². The van der Waals surface area contributed by atoms with Crippen LogP contribution in [0.15, 0.2) is 11.1 Å². The molecule has 0 aliphatic heterocycles. The van der Waals surface area contributed by atoms with Gasteiger partial charge in [-0.25, -0.2) is 4.79 Å². The maximum Gasteiger partial charge on any atom is 0.331 e. The molecule has 0 saturated heterocycles. The van der Waals surface area contributed by atoms with Crippen molar-refractivity contribution < 1.29 is 22.9 Å². The van der Waals surface area contributed by atoms with Gasteiger partial charge in [-0.2, -0.15) is 8.42 Å². The zero-order valence-corrected chi connectivity index (χ0v) is 11.5. The van der Waals surface area contributed by atoms with Gasteiger partial charge in [-0.1, -0.05) is 5.57 Å². The number of carbonyl (C=O) groups is 1. The van der Waals surface area contributed by atoms with Crippen LogP contribution in [0.5, 0.6) is 0 Å². The van der Waals surface area contributed by atoms with Crippen LogP contribution in [0.25, 0.3) is 0 Å². The van der Waals surface area contributed by atoms with Gasteiger partial charge < -0.3 is 10.8 Å². The van der Waals surface area contributed by atoms with Crippen LogP contribution < -0.4 is 5.73 Å². The Hall–Kier alpha value is -0.920. The number of carboxylic acid groups (broad SMARTS) is 1. The molecule has 0 spiro atoms. The average Bonchev–Trinajstić information content (AvgIpc) is 2.14. The van der Waals surface area contributed by atoms with E-state index in [0.29, 0.717) is 24.8 Å². The summed E-state index contributed by atoms with van der Waals surface area (Å²) < 4.78 is 29.5. The van der Waals surface area contributed by atoms with Crippen LogP contribution in [0.3, 0.4) is 0 Å². The molecule has 0 fully saturated rings. The highest BCUT2D eigenvalue weighted by atomic mass is 32.2. The number of hydrogen-bond acceptors (Lipinski definition) is 4. The van der Waals surface area contributed by atoms with E-state index < -0.39 is 16.1 Å². The lowest BCUT2D eigenvalue weighted by Crippen LogP contribution is -2.22. The fourth-order valence-corrected chi connectivity index (χ4v) is 2.10. The quantitative estimate of drug-likeness (QED) is 0.453. The van der Waals surface area contributed by atoms with E-state index in [0.717, 1.165) is 5.57 Å². The van der Waals surface area contributed by atoms with E-state index in [9.17, 15) is 13.2 Å². The second kappa shape index (κ2) is 7.50. The lowest BCUT2D eigenvalue weighted by atomic mass is 10.00. The summed E-state index contributed by atoms with van der Waals surface area (Å²) in [6, 6.07) is -0.263. The summed E-state index contributed by atoms with van der Waals surface area (Å²) in [5.74, 6) is -1.25. The van der Waals surface area contributed by atoms with Crippen molar-refractivity contribution in [2.24, 2.45) is 5.73 Å². The Morgan fingerprint density at radius 3 is 2.22 bits per heavy atom. The number of carboxylic acids is 1. The van der Waals surface area contributed by atoms with Crippen LogP contribution in [-0.4, -0.2) is 35.8 Å². The Kier molecular flexibility index (Phi) is 7.12. The molecular weight excluding hydrogens is 258 g/mol. The number of rotatable bonds is 8. The Morgan fingerprint density at radius 1 is 1.28 bits per heavy atom. The van der Waals surface area contributed by atoms with Crippen LogP contribution in [0, 0.1) is 0 Å². The van der Waals surface area contributed by atoms with Crippen molar-refractivity contribution in [3.8, 4) is 0 Å². The van der Waals surface area contributed by atoms with Gasteiger partial charge in [0, 0.05) is 11.6 Å². The summed E-state index contributed by atoms with van der Waals surface area (Å²) in [6.45, 7) is 3.46. The molecule has 6 nitrogen and oxygen atoms in total. The highest BCUT2D eigenvalue weighted by Crippen LogP contribution is 2.14. The summed E-state index contributed by atoms with van der Waals surface area (Å²) >= 11 is 0. The fourth-order valence-electron chi connectivity index (χ4n) is 1.57. The van der Waals surface area contributed by atoms with Crippen LogP contribution in [0.2, 0.25) is 0 Å². The first kappa shape index (κ1) is 17.1. The molecule has 1 atom stereocenters. The standard InChI is InChI=1S/C11H21NO5S/c1-8(2)10(11(13)14)6-5-9(12)4-3-7-18(15,16)17/h9H,3-7,12H2,1-2H3,(H,13,14)(H,15,16,17). The van der Waals surface area contributed by atoms with Crippen molar-refractivity contribution in [1.29, 1.82) is 0 Å². The third-order valence-corrected chi connectivity index (χ3v) is 3.41. The number of nitrogens with two attached hydrogens (primary N) is 1. The minimum atomic E-state index is -3.94. The highest BCUT2D eigenvalue weighted by molar-refractivity contribution is 7.85. The molecule has 106 valence electrons. The molecule has 7 heteroatoms. The van der Waals surface area contributed by atoms with Gasteiger partial charge in [0.2, 0.25) is 0 Å². The van der Waals surface area contributed by atoms with Crippen LogP contribution in [0.4, 0.5) is 0 Å². The summed E-state index contributed by atoms with van der Waals surface area (Å²) in [5, 5.41) is 8.93. The molecule has 4 N–H and O–H groups in total. The van der Waals surface area contributed by atoms with Crippen LogP contribution in [0.1, 0.15) is 39.5 Å². The second-order valence-corrected chi connectivity index (χ2v) is 6.08. The van der Waals surface area contributed by atoms with Crippen molar-refractivity contribution in [1.82, 2.24) is 0 Å². The molecule has 0 saturated carbocycles. The molecular formula is C11H21NO5S. The number of allylic oxidation sites excluding steroid dienone is 1. The third-order valence-electron chi connectivity index (χ3n) is 2.60. The van der Waals surface area contributed by atoms with Crippen molar-refractivity contribution in [3.05, 3.63) is 11.1 Å². The molecule has 1 unspecified atom stereocenters. The second-order valence-electron chi connectivity index (χ2n) is 4.51. The third kappa shape index (κ3) is 8.21. The largest absolute Gasteiger partial charge is 0.478 e. The molecule has 0 aromatic heterocycles. The fraction of sp³-hybridized carbons (Fsp3) is 0.727. The van der Waals surface area contributed by atoms with Crippen molar-refractivity contribution >= 4 is 16.1 Å². The first-order valence-corrected chi connectivity index (χ1v) is 7.34. The molecule has 0 bridgehead atoms. The minimum Gasteiger partial charge on any atom is -0.478 e. The SMILES string of the molecule is CC(C)=C(CCC(N)CCCS(=O)(=O)O)C(=O)O. The van der Waals surface area contributed by atoms with Crippen LogP contribution in [-0.2, 0) is 14.9 Å². The normalized spacial score (nSPS) is 13.1. The molecule has 0 aromatic carbocycles. The maximum absolute atomic E-state index is 10.9. The lowest BCUT2D eigenvalue weighted by Gasteiger charge is -2.12. The van der Waals surface area contributed by atoms with E-state index >= 15 is 0 Å². The van der Waals surface area contributed by atoms with Crippen molar-refractivity contribution in [3.63, 3.8) is 0 Å². The monoisotopic (exact) mass is 279 g/mol. The molecule has 0 radical (unpaired) electrons. The minimum absolute atomic E-state index is 0.263. The Balaban J connectivity index is 4.08. The Labute approximate surface area is 108 Å². The first-order valence-electron chi connectivity index (χ1n) is 5.74. The van der Waals surface area contributed by atoms with Crippen molar-refractivity contribution in [2.45, 2.75) is 45.6 Å². The zero-order chi connectivity index (χ0) is 14.3. The maximum atomic E-state index is 10.9. The molecule has 0 rings (SSSR count). The predicted molar refractivity (Wildman–Crippen MR) is 68.9 cm³/mol. The Bertz CT molecular complexity index is 409. The van der Waals surface area contributed by atoms with Crippen LogP contribution >= 0.6 is 0 Å². The van der Waals surface area contributed by atoms with Crippen molar-refractivity contribution in [2.75, 3.05) is 5.75 Å². The molecule has 0 aromatic rings. The number of aliphatic carboxylic acids is 1. The van der Waals surface area contributed by atoms with E-state index in [1.807, 2.05) is 0 Å². The van der Waals surface area contributed by atoms with E-state index in [4.69, 9.17) is 15.4 Å². The van der Waals surface area contributed by atoms with E-state index in [1.54, 1.807) is 13.8 Å². The summed E-state index contributed by atoms with van der Waals surface area (Å²) in [7, 11) is -3.94. The molecule has 0 amide bonds. The lowest BCUT2D eigenvalue weighted by molar-refractivity contribution is -0.132. The van der Waals surface area contributed by atoms with Gasteiger partial charge in [-0.05, 0) is 39.5 Å². The Morgan fingerprint density at radius 2 is 1.83 bits per heavy atom. The topological polar surface area (TPSA) is 118 Å². The molecule has 0 aliphatic carbocycles. The van der Waals surface area contributed by atoms with Gasteiger partial charge in [0.15, 0.2) is 0 Å². The number of hydrogen-bond donors (Lipinski definition) is 3. The summed E-state index contributed by atoms with van der Waals surface area (Å²) in [6.07, 6.45) is 1.57. The van der Waals surface area contributed by atoms with Gasteiger partial charge >= 0.3 is 5.97 Å². The molecule has 18 heavy (non-hydrogen) atoms. The van der Waals surface area contributed by atoms with E-state index in [1.165, 1.54) is 0 Å². The van der Waals surface area contributed by atoms with Gasteiger partial charge in [0.25, 0.3) is 10.1 Å². The van der Waals surface area contributed by atoms with E-state index in [-0.39, 0.29) is 18.2 Å². The average molecular weight is 279 g/mol. The predicted octanol–water partition coefficient (Wildman–Crippen LogP) is 1.18. The highest BCUT2D eigenvalue weighted by Gasteiger charge is 2.12. The first-order chi connectivity index (χ1) is 8.13. The zero-order valence-electron chi connectivity index (χ0n) is 10.7. The van der Waals surface area contributed by atoms with E-state index in [2.05, 4.69) is 0 Å². The van der Waals surface area contributed by atoms with Gasteiger partial charge in [0.05, 0.1) is 5.75 Å².